The van der Waals surface area contributed by atoms with Crippen molar-refractivity contribution in [2.24, 2.45) is 13.0 Å². The van der Waals surface area contributed by atoms with Gasteiger partial charge in [-0.2, -0.15) is 5.10 Å². The largest absolute Gasteiger partial charge is 0.441 e. The van der Waals surface area contributed by atoms with Crippen LogP contribution in [0.15, 0.2) is 34.9 Å². The summed E-state index contributed by atoms with van der Waals surface area (Å²) in [4.78, 5) is 4.34. The molecule has 1 N–H and O–H groups in total. The molecule has 4 rings (SSSR count). The fourth-order valence-electron chi connectivity index (χ4n) is 3.44. The van der Waals surface area contributed by atoms with Crippen LogP contribution < -0.4 is 5.32 Å². The lowest BCUT2D eigenvalue weighted by molar-refractivity contribution is -0.0284. The SMILES string of the molecule is Cc1nc2ccc(NC[C@@H]3CCCO[C@H]3c3ccnn3C)cc2o1. The lowest BCUT2D eigenvalue weighted by atomic mass is 9.92. The Morgan fingerprint density at radius 3 is 3.08 bits per heavy atom. The van der Waals surface area contributed by atoms with Crippen molar-refractivity contribution in [1.29, 1.82) is 0 Å². The van der Waals surface area contributed by atoms with Crippen molar-refractivity contribution >= 4 is 16.8 Å². The molecule has 24 heavy (non-hydrogen) atoms. The summed E-state index contributed by atoms with van der Waals surface area (Å²) in [6, 6.07) is 8.10. The molecule has 6 nitrogen and oxygen atoms in total. The summed E-state index contributed by atoms with van der Waals surface area (Å²) in [5.74, 6) is 1.11. The van der Waals surface area contributed by atoms with E-state index < -0.39 is 0 Å². The number of hydrogen-bond acceptors (Lipinski definition) is 5. The van der Waals surface area contributed by atoms with E-state index in [4.69, 9.17) is 9.15 Å². The second kappa shape index (κ2) is 6.28. The molecule has 3 aromatic rings. The van der Waals surface area contributed by atoms with Gasteiger partial charge in [0, 0.05) is 51.0 Å². The lowest BCUT2D eigenvalue weighted by Gasteiger charge is -2.32. The highest BCUT2D eigenvalue weighted by Crippen LogP contribution is 2.33. The second-order valence-electron chi connectivity index (χ2n) is 6.37. The van der Waals surface area contributed by atoms with E-state index in [9.17, 15) is 0 Å². The Bertz CT molecular complexity index is 839. The first-order chi connectivity index (χ1) is 11.7. The van der Waals surface area contributed by atoms with Crippen molar-refractivity contribution in [1.82, 2.24) is 14.8 Å². The molecule has 0 radical (unpaired) electrons. The van der Waals surface area contributed by atoms with E-state index in [1.54, 1.807) is 0 Å². The smallest absolute Gasteiger partial charge is 0.192 e. The number of aryl methyl sites for hydroxylation is 2. The van der Waals surface area contributed by atoms with E-state index in [2.05, 4.69) is 15.4 Å². The van der Waals surface area contributed by atoms with E-state index in [-0.39, 0.29) is 6.10 Å². The molecule has 0 unspecified atom stereocenters. The van der Waals surface area contributed by atoms with Crippen LogP contribution in [-0.2, 0) is 11.8 Å². The first kappa shape index (κ1) is 15.2. The minimum absolute atomic E-state index is 0.0926. The Hall–Kier alpha value is -2.34. The number of anilines is 1. The number of rotatable bonds is 4. The van der Waals surface area contributed by atoms with Gasteiger partial charge in [0.15, 0.2) is 11.5 Å². The molecule has 6 heteroatoms. The molecule has 2 aromatic heterocycles. The Balaban J connectivity index is 1.49. The molecule has 0 amide bonds. The van der Waals surface area contributed by atoms with Crippen molar-refractivity contribution in [2.75, 3.05) is 18.5 Å². The Labute approximate surface area is 140 Å². The van der Waals surface area contributed by atoms with Crippen molar-refractivity contribution in [3.8, 4) is 0 Å². The number of hydrogen-bond donors (Lipinski definition) is 1. The van der Waals surface area contributed by atoms with Crippen LogP contribution in [0.5, 0.6) is 0 Å². The first-order valence-corrected chi connectivity index (χ1v) is 8.41. The molecule has 1 fully saturated rings. The predicted molar refractivity (Wildman–Crippen MR) is 91.9 cm³/mol. The Morgan fingerprint density at radius 2 is 2.25 bits per heavy atom. The summed E-state index contributed by atoms with van der Waals surface area (Å²) in [5.41, 5.74) is 3.91. The molecule has 1 aromatic carbocycles. The van der Waals surface area contributed by atoms with Crippen molar-refractivity contribution in [3.05, 3.63) is 42.0 Å². The first-order valence-electron chi connectivity index (χ1n) is 8.41. The molecule has 0 spiro atoms. The quantitative estimate of drug-likeness (QED) is 0.795. The van der Waals surface area contributed by atoms with Gasteiger partial charge >= 0.3 is 0 Å². The summed E-state index contributed by atoms with van der Waals surface area (Å²) in [7, 11) is 1.97. The summed E-state index contributed by atoms with van der Waals surface area (Å²) < 4.78 is 13.6. The molecule has 3 heterocycles. The third-order valence-corrected chi connectivity index (χ3v) is 4.66. The Kier molecular flexibility index (Phi) is 3.98. The van der Waals surface area contributed by atoms with Crippen LogP contribution in [0.4, 0.5) is 5.69 Å². The van der Waals surface area contributed by atoms with Crippen LogP contribution in [0.25, 0.3) is 11.1 Å². The highest BCUT2D eigenvalue weighted by Gasteiger charge is 2.29. The van der Waals surface area contributed by atoms with Gasteiger partial charge in [0.25, 0.3) is 0 Å². The highest BCUT2D eigenvalue weighted by molar-refractivity contribution is 5.77. The molecule has 0 bridgehead atoms. The zero-order valence-electron chi connectivity index (χ0n) is 14.0. The summed E-state index contributed by atoms with van der Waals surface area (Å²) in [6.45, 7) is 3.54. The van der Waals surface area contributed by atoms with E-state index >= 15 is 0 Å². The average Bonchev–Trinajstić information content (AvgIpc) is 3.17. The van der Waals surface area contributed by atoms with Crippen LogP contribution in [0, 0.1) is 12.8 Å². The molecule has 126 valence electrons. The van der Waals surface area contributed by atoms with Crippen LogP contribution in [-0.4, -0.2) is 27.9 Å². The summed E-state index contributed by atoms with van der Waals surface area (Å²) >= 11 is 0. The maximum atomic E-state index is 6.05. The van der Waals surface area contributed by atoms with Gasteiger partial charge < -0.3 is 14.5 Å². The van der Waals surface area contributed by atoms with Gasteiger partial charge in [-0.15, -0.1) is 0 Å². The number of oxazole rings is 1. The van der Waals surface area contributed by atoms with Crippen molar-refractivity contribution in [2.45, 2.75) is 25.9 Å². The van der Waals surface area contributed by atoms with Crippen molar-refractivity contribution < 1.29 is 9.15 Å². The van der Waals surface area contributed by atoms with Crippen LogP contribution >= 0.6 is 0 Å². The maximum absolute atomic E-state index is 6.05. The van der Waals surface area contributed by atoms with E-state index in [1.807, 2.05) is 49.1 Å². The summed E-state index contributed by atoms with van der Waals surface area (Å²) in [6.07, 6.45) is 4.17. The fourth-order valence-corrected chi connectivity index (χ4v) is 3.44. The minimum Gasteiger partial charge on any atom is -0.441 e. The van der Waals surface area contributed by atoms with E-state index in [0.29, 0.717) is 11.8 Å². The number of aromatic nitrogens is 3. The highest BCUT2D eigenvalue weighted by atomic mass is 16.5. The monoisotopic (exact) mass is 326 g/mol. The Morgan fingerprint density at radius 1 is 1.33 bits per heavy atom. The molecule has 0 saturated carbocycles. The fraction of sp³-hybridized carbons (Fsp3) is 0.444. The summed E-state index contributed by atoms with van der Waals surface area (Å²) in [5, 5.41) is 7.81. The molecule has 1 aliphatic heterocycles. The van der Waals surface area contributed by atoms with E-state index in [1.165, 1.54) is 0 Å². The van der Waals surface area contributed by atoms with Gasteiger partial charge in [0.1, 0.15) is 11.6 Å². The standard InChI is InChI=1S/C18H22N4O2/c1-12-21-15-6-5-14(10-17(15)24-12)19-11-13-4-3-9-23-18(13)16-7-8-20-22(16)2/h5-8,10,13,18-19H,3-4,9,11H2,1-2H3/t13-,18+/m0/s1. The van der Waals surface area contributed by atoms with Gasteiger partial charge in [0.2, 0.25) is 0 Å². The van der Waals surface area contributed by atoms with Gasteiger partial charge in [-0.3, -0.25) is 4.68 Å². The van der Waals surface area contributed by atoms with Gasteiger partial charge in [-0.25, -0.2) is 4.98 Å². The third kappa shape index (κ3) is 2.89. The number of nitrogens with one attached hydrogen (secondary N) is 1. The predicted octanol–water partition coefficient (Wildman–Crippen LogP) is 3.45. The maximum Gasteiger partial charge on any atom is 0.192 e. The normalized spacial score (nSPS) is 21.2. The molecule has 1 aliphatic rings. The van der Waals surface area contributed by atoms with Gasteiger partial charge in [0.05, 0.1) is 5.69 Å². The number of fused-ring (bicyclic) bond motifs is 1. The van der Waals surface area contributed by atoms with Gasteiger partial charge in [-0.1, -0.05) is 0 Å². The number of nitrogens with zero attached hydrogens (tertiary/aromatic N) is 3. The molecule has 1 saturated heterocycles. The van der Waals surface area contributed by atoms with Crippen molar-refractivity contribution in [3.63, 3.8) is 0 Å². The zero-order valence-corrected chi connectivity index (χ0v) is 14.0. The lowest BCUT2D eigenvalue weighted by Crippen LogP contribution is -2.29. The topological polar surface area (TPSA) is 65.1 Å². The second-order valence-corrected chi connectivity index (χ2v) is 6.37. The van der Waals surface area contributed by atoms with Crippen LogP contribution in [0.2, 0.25) is 0 Å². The van der Waals surface area contributed by atoms with Crippen LogP contribution in [0.3, 0.4) is 0 Å². The number of ether oxygens (including phenoxy) is 1. The average molecular weight is 326 g/mol. The number of benzene rings is 1. The minimum atomic E-state index is 0.0926. The molecule has 0 aliphatic carbocycles. The zero-order chi connectivity index (χ0) is 16.5. The van der Waals surface area contributed by atoms with Crippen LogP contribution in [0.1, 0.15) is 30.5 Å². The molecular weight excluding hydrogens is 304 g/mol. The van der Waals surface area contributed by atoms with E-state index in [0.717, 1.165) is 48.5 Å². The molecular formula is C18H22N4O2. The molecule has 2 atom stereocenters. The third-order valence-electron chi connectivity index (χ3n) is 4.66. The van der Waals surface area contributed by atoms with Gasteiger partial charge in [-0.05, 0) is 31.0 Å².